The quantitative estimate of drug-likeness (QED) is 0.355. The van der Waals surface area contributed by atoms with Crippen LogP contribution < -0.4 is 10.6 Å². The molecule has 1 heterocycles. The van der Waals surface area contributed by atoms with E-state index in [-0.39, 0.29) is 41.1 Å². The predicted octanol–water partition coefficient (Wildman–Crippen LogP) is 1.89. The Morgan fingerprint density at radius 2 is 1.74 bits per heavy atom. The molecule has 1 aliphatic heterocycles. The van der Waals surface area contributed by atoms with Crippen LogP contribution in [0, 0.1) is 17.8 Å². The Bertz CT molecular complexity index is 1470. The number of allylic oxidation sites excluding steroid dienone is 1. The topological polar surface area (TPSA) is 168 Å². The van der Waals surface area contributed by atoms with Gasteiger partial charge in [-0.2, -0.15) is 0 Å². The number of fused-ring (bicyclic) bond motifs is 3. The lowest BCUT2D eigenvalue weighted by Gasteiger charge is -2.50. The van der Waals surface area contributed by atoms with Crippen LogP contribution in [0.25, 0.3) is 5.76 Å². The van der Waals surface area contributed by atoms with E-state index >= 15 is 0 Å². The van der Waals surface area contributed by atoms with Gasteiger partial charge in [-0.15, -0.1) is 0 Å². The summed E-state index contributed by atoms with van der Waals surface area (Å²) in [4.78, 5) is 46.2. The van der Waals surface area contributed by atoms with Crippen LogP contribution in [0.5, 0.6) is 5.75 Å². The summed E-state index contributed by atoms with van der Waals surface area (Å²) in [6.07, 6.45) is 1.95. The summed E-state index contributed by atoms with van der Waals surface area (Å²) in [5, 5.41) is 46.3. The third-order valence-electron chi connectivity index (χ3n) is 9.56. The van der Waals surface area contributed by atoms with Crippen molar-refractivity contribution in [2.75, 3.05) is 46.2 Å². The highest BCUT2D eigenvalue weighted by molar-refractivity contribution is 6.15. The monoisotopic (exact) mass is 580 g/mol. The number of amides is 1. The number of aromatic hydroxyl groups is 1. The normalized spacial score (nSPS) is 28.1. The molecule has 0 aromatic heterocycles. The number of anilines is 1. The molecule has 4 atom stereocenters. The maximum atomic E-state index is 14.2. The molecule has 42 heavy (non-hydrogen) atoms. The van der Waals surface area contributed by atoms with Crippen LogP contribution in [0.2, 0.25) is 0 Å². The average Bonchev–Trinajstić information content (AvgIpc) is 2.90. The molecule has 1 aromatic rings. The molecule has 1 aromatic carbocycles. The number of aliphatic hydroxyl groups excluding tert-OH is 2. The van der Waals surface area contributed by atoms with Gasteiger partial charge in [0.15, 0.2) is 11.4 Å². The van der Waals surface area contributed by atoms with Gasteiger partial charge in [0.1, 0.15) is 17.3 Å². The standard InChI is InChI=1S/C31H40N4O7/c1-14-7-9-35(10-8-14)30(41)18-13-20(33(3)4)17-11-16-12-19-24(34(5)6)27(38)21(15(2)32)28(39)31(19,42)29(40)22(16)26(37)23(17)25(18)36/h13-14,16,19,24,36-37,39,42H,2,7-12,32H2,1,3-6H3/t16?,19-,24?,31+/m0/s1. The smallest absolute Gasteiger partial charge is 0.257 e. The zero-order valence-electron chi connectivity index (χ0n) is 24.8. The van der Waals surface area contributed by atoms with Crippen LogP contribution in [0.3, 0.4) is 0 Å². The SMILES string of the molecule is C=C(N)C1=C(O)[C@@]2(O)C(=O)C3=C(O)c4c(O)c(C(=O)N5CCC(C)CC5)cc(N(C)C)c4CC3C[C@H]2C(N(C)C)C1=O. The van der Waals surface area contributed by atoms with Gasteiger partial charge in [0.2, 0.25) is 5.78 Å². The molecule has 0 bridgehead atoms. The summed E-state index contributed by atoms with van der Waals surface area (Å²) in [6.45, 7) is 6.78. The zero-order chi connectivity index (χ0) is 31.0. The van der Waals surface area contributed by atoms with Crippen LogP contribution in [-0.2, 0) is 16.0 Å². The third kappa shape index (κ3) is 4.12. The molecule has 3 aliphatic carbocycles. The minimum atomic E-state index is -2.56. The molecule has 2 fully saturated rings. The van der Waals surface area contributed by atoms with Gasteiger partial charge in [0, 0.05) is 50.1 Å². The molecule has 1 saturated heterocycles. The van der Waals surface area contributed by atoms with Crippen molar-refractivity contribution in [2.45, 2.75) is 44.2 Å². The molecule has 226 valence electrons. The number of hydrogen-bond donors (Lipinski definition) is 5. The number of carbonyl (C=O) groups is 3. The van der Waals surface area contributed by atoms with Gasteiger partial charge in [-0.05, 0) is 63.2 Å². The van der Waals surface area contributed by atoms with Crippen LogP contribution in [0.1, 0.15) is 47.7 Å². The summed E-state index contributed by atoms with van der Waals surface area (Å²) < 4.78 is 0. The first kappa shape index (κ1) is 29.7. The minimum Gasteiger partial charge on any atom is -0.508 e. The highest BCUT2D eigenvalue weighted by Gasteiger charge is 2.63. The van der Waals surface area contributed by atoms with E-state index in [1.165, 1.54) is 0 Å². The van der Waals surface area contributed by atoms with Crippen molar-refractivity contribution < 1.29 is 34.8 Å². The number of hydrogen-bond acceptors (Lipinski definition) is 10. The number of piperidine rings is 1. The Balaban J connectivity index is 1.70. The van der Waals surface area contributed by atoms with Crippen molar-refractivity contribution in [3.8, 4) is 5.75 Å². The Hall–Kier alpha value is -3.83. The number of likely N-dealkylation sites (N-methyl/N-ethyl adjacent to an activating group) is 1. The van der Waals surface area contributed by atoms with Crippen molar-refractivity contribution in [3.05, 3.63) is 51.9 Å². The first-order chi connectivity index (χ1) is 19.6. The lowest BCUT2D eigenvalue weighted by atomic mass is 9.57. The molecule has 1 saturated carbocycles. The number of rotatable bonds is 4. The van der Waals surface area contributed by atoms with Gasteiger partial charge in [-0.25, -0.2) is 0 Å². The summed E-state index contributed by atoms with van der Waals surface area (Å²) >= 11 is 0. The van der Waals surface area contributed by atoms with Crippen LogP contribution >= 0.6 is 0 Å². The number of ketones is 2. The van der Waals surface area contributed by atoms with E-state index in [4.69, 9.17) is 5.73 Å². The summed E-state index contributed by atoms with van der Waals surface area (Å²) in [6, 6.07) is 0.623. The maximum Gasteiger partial charge on any atom is 0.257 e. The largest absolute Gasteiger partial charge is 0.508 e. The lowest BCUT2D eigenvalue weighted by molar-refractivity contribution is -0.153. The highest BCUT2D eigenvalue weighted by Crippen LogP contribution is 2.54. The molecular weight excluding hydrogens is 540 g/mol. The van der Waals surface area contributed by atoms with E-state index < -0.39 is 57.9 Å². The molecule has 6 N–H and O–H groups in total. The van der Waals surface area contributed by atoms with Crippen LogP contribution in [0.4, 0.5) is 5.69 Å². The van der Waals surface area contributed by atoms with Gasteiger partial charge in [-0.3, -0.25) is 19.3 Å². The number of phenols is 1. The molecule has 5 rings (SSSR count). The van der Waals surface area contributed by atoms with Crippen molar-refractivity contribution in [1.82, 2.24) is 9.80 Å². The number of phenolic OH excluding ortho intramolecular Hbond substituents is 1. The Morgan fingerprint density at radius 1 is 1.12 bits per heavy atom. The first-order valence-electron chi connectivity index (χ1n) is 14.3. The van der Waals surface area contributed by atoms with Gasteiger partial charge >= 0.3 is 0 Å². The number of nitrogens with zero attached hydrogens (tertiary/aromatic N) is 3. The number of nitrogens with two attached hydrogens (primary N) is 1. The van der Waals surface area contributed by atoms with E-state index in [0.717, 1.165) is 12.8 Å². The molecule has 4 aliphatic rings. The second-order valence-electron chi connectivity index (χ2n) is 12.6. The molecule has 0 spiro atoms. The van der Waals surface area contributed by atoms with E-state index in [9.17, 15) is 34.8 Å². The summed E-state index contributed by atoms with van der Waals surface area (Å²) in [7, 11) is 6.85. The maximum absolute atomic E-state index is 14.2. The number of aliphatic hydroxyl groups is 3. The second-order valence-corrected chi connectivity index (χ2v) is 12.6. The minimum absolute atomic E-state index is 0.0119. The second kappa shape index (κ2) is 10.2. The van der Waals surface area contributed by atoms with E-state index in [1.54, 1.807) is 49.0 Å². The highest BCUT2D eigenvalue weighted by atomic mass is 16.3. The lowest BCUT2D eigenvalue weighted by Crippen LogP contribution is -2.65. The van der Waals surface area contributed by atoms with Crippen LogP contribution in [-0.4, -0.2) is 101 Å². The third-order valence-corrected chi connectivity index (χ3v) is 9.56. The van der Waals surface area contributed by atoms with Crippen molar-refractivity contribution in [1.29, 1.82) is 0 Å². The fourth-order valence-corrected chi connectivity index (χ4v) is 7.31. The predicted molar refractivity (Wildman–Crippen MR) is 157 cm³/mol. The molecule has 1 amide bonds. The van der Waals surface area contributed by atoms with Gasteiger partial charge in [-0.1, -0.05) is 13.5 Å². The van der Waals surface area contributed by atoms with Gasteiger partial charge in [0.25, 0.3) is 5.91 Å². The first-order valence-corrected chi connectivity index (χ1v) is 14.3. The fraction of sp³-hybridized carbons (Fsp3) is 0.516. The van der Waals surface area contributed by atoms with E-state index in [0.29, 0.717) is 30.3 Å². The number of Topliss-reactive ketones (excluding diaryl/α,β-unsaturated/α-hetero) is 2. The van der Waals surface area contributed by atoms with Gasteiger partial charge < -0.3 is 36.0 Å². The summed E-state index contributed by atoms with van der Waals surface area (Å²) in [5.41, 5.74) is 3.51. The average molecular weight is 581 g/mol. The Kier molecular flexibility index (Phi) is 7.18. The molecular formula is C31H40N4O7. The number of likely N-dealkylation sites (tertiary alicyclic amines) is 1. The molecule has 0 radical (unpaired) electrons. The van der Waals surface area contributed by atoms with Crippen molar-refractivity contribution in [3.63, 3.8) is 0 Å². The molecule has 11 nitrogen and oxygen atoms in total. The molecule has 2 unspecified atom stereocenters. The Labute approximate surface area is 245 Å². The molecule has 11 heteroatoms. The van der Waals surface area contributed by atoms with Crippen molar-refractivity contribution in [2.24, 2.45) is 23.5 Å². The number of carbonyl (C=O) groups excluding carboxylic acids is 3. The zero-order valence-corrected chi connectivity index (χ0v) is 24.8. The van der Waals surface area contributed by atoms with Gasteiger partial charge in [0.05, 0.1) is 22.7 Å². The van der Waals surface area contributed by atoms with E-state index in [2.05, 4.69) is 13.5 Å². The summed E-state index contributed by atoms with van der Waals surface area (Å²) in [5.74, 6) is -4.97. The Morgan fingerprint density at radius 3 is 2.29 bits per heavy atom. The van der Waals surface area contributed by atoms with Crippen LogP contribution in [0.15, 0.2) is 35.2 Å². The fourth-order valence-electron chi connectivity index (χ4n) is 7.31. The van der Waals surface area contributed by atoms with Crippen molar-refractivity contribution >= 4 is 28.9 Å². The van der Waals surface area contributed by atoms with E-state index in [1.807, 2.05) is 0 Å². The number of benzene rings is 1.